The minimum Gasteiger partial charge on any atom is -0.463 e. The topological polar surface area (TPSA) is 95.7 Å². The zero-order valence-electron chi connectivity index (χ0n) is 11.4. The summed E-state index contributed by atoms with van der Waals surface area (Å²) in [5.74, 6) is -1.48. The number of hydrogen-bond donors (Lipinski definition) is 0. The smallest absolute Gasteiger partial charge is 0.347 e. The quantitative estimate of drug-likeness (QED) is 0.465. The summed E-state index contributed by atoms with van der Waals surface area (Å²) in [5, 5.41) is 10.8. The molecule has 7 nitrogen and oxygen atoms in total. The lowest BCUT2D eigenvalue weighted by Crippen LogP contribution is -2.26. The molecule has 0 aliphatic heterocycles. The van der Waals surface area contributed by atoms with Gasteiger partial charge in [0.15, 0.2) is 6.10 Å². The van der Waals surface area contributed by atoms with Crippen molar-refractivity contribution < 1.29 is 24.0 Å². The monoisotopic (exact) mass is 281 g/mol. The minimum absolute atomic E-state index is 0.0125. The number of rotatable bonds is 5. The molecule has 20 heavy (non-hydrogen) atoms. The van der Waals surface area contributed by atoms with Crippen molar-refractivity contribution in [2.24, 2.45) is 0 Å². The highest BCUT2D eigenvalue weighted by atomic mass is 16.6. The van der Waals surface area contributed by atoms with Crippen LogP contribution in [0.3, 0.4) is 0 Å². The van der Waals surface area contributed by atoms with Crippen LogP contribution in [0.2, 0.25) is 0 Å². The van der Waals surface area contributed by atoms with Crippen molar-refractivity contribution in [1.29, 1.82) is 0 Å². The van der Waals surface area contributed by atoms with Crippen LogP contribution in [0.25, 0.3) is 0 Å². The van der Waals surface area contributed by atoms with E-state index in [9.17, 15) is 19.7 Å². The fourth-order valence-electron chi connectivity index (χ4n) is 1.47. The van der Waals surface area contributed by atoms with E-state index in [2.05, 4.69) is 0 Å². The van der Waals surface area contributed by atoms with Crippen molar-refractivity contribution in [2.45, 2.75) is 26.9 Å². The van der Waals surface area contributed by atoms with Gasteiger partial charge in [0.05, 0.1) is 17.1 Å². The van der Waals surface area contributed by atoms with E-state index in [1.54, 1.807) is 13.8 Å². The molecule has 0 saturated heterocycles. The fourth-order valence-corrected chi connectivity index (χ4v) is 1.47. The number of hydrogen-bond acceptors (Lipinski definition) is 6. The van der Waals surface area contributed by atoms with Crippen molar-refractivity contribution >= 4 is 17.6 Å². The number of benzene rings is 1. The molecule has 0 spiro atoms. The van der Waals surface area contributed by atoms with Crippen LogP contribution in [0.1, 0.15) is 29.8 Å². The third kappa shape index (κ3) is 3.78. The van der Waals surface area contributed by atoms with E-state index in [0.29, 0.717) is 5.56 Å². The second-order valence-electron chi connectivity index (χ2n) is 4.06. The van der Waals surface area contributed by atoms with Gasteiger partial charge in [-0.2, -0.15) is 0 Å². The largest absolute Gasteiger partial charge is 0.463 e. The van der Waals surface area contributed by atoms with E-state index in [1.165, 1.54) is 19.1 Å². The maximum atomic E-state index is 11.8. The number of carbonyl (C=O) groups is 2. The molecule has 1 aromatic carbocycles. The van der Waals surface area contributed by atoms with Gasteiger partial charge in [-0.1, -0.05) is 6.07 Å². The van der Waals surface area contributed by atoms with Gasteiger partial charge in [0, 0.05) is 11.6 Å². The van der Waals surface area contributed by atoms with Crippen LogP contribution in [-0.4, -0.2) is 29.6 Å². The highest BCUT2D eigenvalue weighted by molar-refractivity contribution is 5.92. The van der Waals surface area contributed by atoms with Gasteiger partial charge < -0.3 is 9.47 Å². The number of nitro groups is 1. The predicted molar refractivity (Wildman–Crippen MR) is 69.3 cm³/mol. The van der Waals surface area contributed by atoms with E-state index < -0.39 is 23.0 Å². The highest BCUT2D eigenvalue weighted by Gasteiger charge is 2.21. The van der Waals surface area contributed by atoms with Crippen molar-refractivity contribution in [3.63, 3.8) is 0 Å². The second-order valence-corrected chi connectivity index (χ2v) is 4.06. The van der Waals surface area contributed by atoms with Crippen LogP contribution >= 0.6 is 0 Å². The number of carbonyl (C=O) groups excluding carboxylic acids is 2. The Kier molecular flexibility index (Phi) is 5.19. The molecule has 0 radical (unpaired) electrons. The van der Waals surface area contributed by atoms with E-state index >= 15 is 0 Å². The van der Waals surface area contributed by atoms with Crippen molar-refractivity contribution in [3.05, 3.63) is 39.4 Å². The zero-order chi connectivity index (χ0) is 15.3. The molecule has 1 rings (SSSR count). The SMILES string of the molecule is CCOC(=O)[C@@H](C)OC(=O)c1ccc(C)c([N+](=O)[O-])c1. The summed E-state index contributed by atoms with van der Waals surface area (Å²) in [6.45, 7) is 4.75. The number of nitro benzene ring substituents is 1. The highest BCUT2D eigenvalue weighted by Crippen LogP contribution is 2.20. The fraction of sp³-hybridized carbons (Fsp3) is 0.385. The van der Waals surface area contributed by atoms with E-state index in [0.717, 1.165) is 6.07 Å². The molecule has 0 aliphatic rings. The first-order chi connectivity index (χ1) is 9.36. The van der Waals surface area contributed by atoms with E-state index in [-0.39, 0.29) is 17.9 Å². The Morgan fingerprint density at radius 3 is 2.60 bits per heavy atom. The first-order valence-corrected chi connectivity index (χ1v) is 5.99. The standard InChI is InChI=1S/C13H15NO6/c1-4-19-12(15)9(3)20-13(16)10-6-5-8(2)11(7-10)14(17)18/h5-7,9H,4H2,1-3H3/t9-/m1/s1. The lowest BCUT2D eigenvalue weighted by molar-refractivity contribution is -0.385. The maximum absolute atomic E-state index is 11.8. The van der Waals surface area contributed by atoms with Gasteiger partial charge in [0.2, 0.25) is 0 Å². The number of esters is 2. The van der Waals surface area contributed by atoms with Gasteiger partial charge in [0.25, 0.3) is 5.69 Å². The van der Waals surface area contributed by atoms with Crippen LogP contribution in [0.15, 0.2) is 18.2 Å². The molecule has 1 atom stereocenters. The van der Waals surface area contributed by atoms with Gasteiger partial charge in [-0.15, -0.1) is 0 Å². The molecule has 0 bridgehead atoms. The summed E-state index contributed by atoms with van der Waals surface area (Å²) in [7, 11) is 0. The molecule has 0 aliphatic carbocycles. The van der Waals surface area contributed by atoms with Crippen LogP contribution < -0.4 is 0 Å². The molecule has 0 heterocycles. The lowest BCUT2D eigenvalue weighted by atomic mass is 10.1. The Balaban J connectivity index is 2.85. The zero-order valence-corrected chi connectivity index (χ0v) is 11.4. The van der Waals surface area contributed by atoms with Crippen molar-refractivity contribution in [3.8, 4) is 0 Å². The molecule has 1 aromatic rings. The Hall–Kier alpha value is -2.44. The van der Waals surface area contributed by atoms with Crippen LogP contribution in [0, 0.1) is 17.0 Å². The van der Waals surface area contributed by atoms with Crippen LogP contribution in [-0.2, 0) is 14.3 Å². The average molecular weight is 281 g/mol. The summed E-state index contributed by atoms with van der Waals surface area (Å²) in [4.78, 5) is 33.3. The molecule has 0 N–H and O–H groups in total. The second kappa shape index (κ2) is 6.65. The minimum atomic E-state index is -1.07. The third-order valence-corrected chi connectivity index (χ3v) is 2.54. The average Bonchev–Trinajstić information content (AvgIpc) is 2.38. The molecule has 0 aromatic heterocycles. The van der Waals surface area contributed by atoms with Crippen LogP contribution in [0.4, 0.5) is 5.69 Å². The molecule has 0 fully saturated rings. The summed E-state index contributed by atoms with van der Waals surface area (Å²) in [5.41, 5.74) is 0.270. The van der Waals surface area contributed by atoms with Crippen molar-refractivity contribution in [1.82, 2.24) is 0 Å². The Morgan fingerprint density at radius 1 is 1.40 bits per heavy atom. The van der Waals surface area contributed by atoms with Crippen LogP contribution in [0.5, 0.6) is 0 Å². The summed E-state index contributed by atoms with van der Waals surface area (Å²) in [6.07, 6.45) is -1.07. The molecular weight excluding hydrogens is 266 g/mol. The Labute approximate surface area is 115 Å². The van der Waals surface area contributed by atoms with E-state index in [1.807, 2.05) is 0 Å². The number of aryl methyl sites for hydroxylation is 1. The molecule has 0 amide bonds. The van der Waals surface area contributed by atoms with Gasteiger partial charge in [-0.05, 0) is 26.8 Å². The Bertz CT molecular complexity index is 540. The lowest BCUT2D eigenvalue weighted by Gasteiger charge is -2.12. The molecule has 108 valence electrons. The molecule has 0 unspecified atom stereocenters. The normalized spacial score (nSPS) is 11.6. The predicted octanol–water partition coefficient (Wildman–Crippen LogP) is 2.01. The summed E-state index contributed by atoms with van der Waals surface area (Å²) in [6, 6.07) is 3.97. The first-order valence-electron chi connectivity index (χ1n) is 5.99. The first kappa shape index (κ1) is 15.6. The van der Waals surface area contributed by atoms with Gasteiger partial charge in [-0.25, -0.2) is 9.59 Å². The number of ether oxygens (including phenoxy) is 2. The summed E-state index contributed by atoms with van der Waals surface area (Å²) >= 11 is 0. The van der Waals surface area contributed by atoms with Crippen molar-refractivity contribution in [2.75, 3.05) is 6.61 Å². The van der Waals surface area contributed by atoms with Gasteiger partial charge in [0.1, 0.15) is 0 Å². The molecule has 0 saturated carbocycles. The summed E-state index contributed by atoms with van der Waals surface area (Å²) < 4.78 is 9.59. The number of nitrogens with zero attached hydrogens (tertiary/aromatic N) is 1. The molecule has 7 heteroatoms. The maximum Gasteiger partial charge on any atom is 0.347 e. The van der Waals surface area contributed by atoms with Gasteiger partial charge in [-0.3, -0.25) is 10.1 Å². The van der Waals surface area contributed by atoms with Gasteiger partial charge >= 0.3 is 11.9 Å². The Morgan fingerprint density at radius 2 is 2.05 bits per heavy atom. The van der Waals surface area contributed by atoms with E-state index in [4.69, 9.17) is 9.47 Å². The third-order valence-electron chi connectivity index (χ3n) is 2.54. The molecular formula is C13H15NO6.